The molecule has 0 aromatic rings. The second-order valence-corrected chi connectivity index (χ2v) is 9.37. The van der Waals surface area contributed by atoms with E-state index in [1.54, 1.807) is 6.92 Å². The molecule has 0 rings (SSSR count). The minimum absolute atomic E-state index is 0.0431. The molecular formula is C22H48N10OS2. The molecule has 11 nitrogen and oxygen atoms in total. The van der Waals surface area contributed by atoms with Gasteiger partial charge in [-0.25, -0.2) is 4.99 Å². The Balaban J connectivity index is 4.71. The first-order valence-corrected chi connectivity index (χ1v) is 13.0. The van der Waals surface area contributed by atoms with Crippen LogP contribution in [0.4, 0.5) is 0 Å². The number of aliphatic imine (C=N–C) groups is 1. The van der Waals surface area contributed by atoms with Crippen LogP contribution >= 0.6 is 24.4 Å². The van der Waals surface area contributed by atoms with Gasteiger partial charge in [-0.2, -0.15) is 0 Å². The van der Waals surface area contributed by atoms with Crippen molar-refractivity contribution in [1.29, 1.82) is 0 Å². The molecule has 1 amide bonds. The summed E-state index contributed by atoms with van der Waals surface area (Å²) in [4.78, 5) is 15.7. The van der Waals surface area contributed by atoms with Gasteiger partial charge in [-0.15, -0.1) is 0 Å². The zero-order valence-corrected chi connectivity index (χ0v) is 23.8. The summed E-state index contributed by atoms with van der Waals surface area (Å²) >= 11 is 10.1. The first kappa shape index (κ1) is 33.7. The summed E-state index contributed by atoms with van der Waals surface area (Å²) in [5, 5.41) is 32.8. The maximum absolute atomic E-state index is 11.7. The highest BCUT2D eigenvalue weighted by molar-refractivity contribution is 7.80. The summed E-state index contributed by atoms with van der Waals surface area (Å²) in [7, 11) is 7.65. The predicted octanol–water partition coefficient (Wildman–Crippen LogP) is -2.00. The van der Waals surface area contributed by atoms with Gasteiger partial charge in [-0.05, 0) is 65.5 Å². The number of carbonyl (C=O) groups excluding carboxylic acids is 1. The third kappa shape index (κ3) is 16.2. The molecule has 0 aliphatic rings. The molecule has 9 N–H and O–H groups in total. The standard InChI is InChI=1S/C22H48N10OS2/c1-19(33)31-21(12-23-2,13-24-3)16-27-10-11-28-17-22(14-25-4,15-26-5)32-20(35)30-9-7-6-8-29-18-34/h23-28H,6-17H2,1-5H3,(H,31,33)(H2,30,32,35). The minimum Gasteiger partial charge on any atom is -0.363 e. The molecule has 0 radical (unpaired) electrons. The van der Waals surface area contributed by atoms with Gasteiger partial charge in [0.1, 0.15) is 0 Å². The molecule has 0 aromatic carbocycles. The fourth-order valence-electron chi connectivity index (χ4n) is 4.05. The maximum atomic E-state index is 11.7. The molecule has 35 heavy (non-hydrogen) atoms. The van der Waals surface area contributed by atoms with E-state index in [2.05, 4.69) is 70.2 Å². The lowest BCUT2D eigenvalue weighted by Crippen LogP contribution is -2.66. The largest absolute Gasteiger partial charge is 0.363 e. The molecule has 0 aliphatic heterocycles. The molecule has 0 fully saturated rings. The second kappa shape index (κ2) is 20.9. The Labute approximate surface area is 222 Å². The third-order valence-corrected chi connectivity index (χ3v) is 5.71. The van der Waals surface area contributed by atoms with Crippen LogP contribution in [0.15, 0.2) is 4.99 Å². The van der Waals surface area contributed by atoms with E-state index in [-0.39, 0.29) is 11.4 Å². The highest BCUT2D eigenvalue weighted by Gasteiger charge is 2.30. The maximum Gasteiger partial charge on any atom is 0.217 e. The summed E-state index contributed by atoms with van der Waals surface area (Å²) < 4.78 is 0. The van der Waals surface area contributed by atoms with Crippen LogP contribution in [0.3, 0.4) is 0 Å². The van der Waals surface area contributed by atoms with Crippen molar-refractivity contribution in [3.63, 3.8) is 0 Å². The van der Waals surface area contributed by atoms with Gasteiger partial charge in [0, 0.05) is 72.4 Å². The predicted molar refractivity (Wildman–Crippen MR) is 154 cm³/mol. The summed E-state index contributed by atoms with van der Waals surface area (Å²) in [5.41, 5.74) is -0.694. The lowest BCUT2D eigenvalue weighted by molar-refractivity contribution is -0.120. The van der Waals surface area contributed by atoms with E-state index >= 15 is 0 Å². The first-order valence-electron chi connectivity index (χ1n) is 12.2. The first-order chi connectivity index (χ1) is 16.8. The number of thiocarbonyl (C=S) groups is 2. The van der Waals surface area contributed by atoms with Crippen molar-refractivity contribution in [2.75, 3.05) is 93.6 Å². The van der Waals surface area contributed by atoms with Crippen molar-refractivity contribution in [2.24, 2.45) is 4.99 Å². The quantitative estimate of drug-likeness (QED) is 0.0435. The zero-order chi connectivity index (χ0) is 26.4. The van der Waals surface area contributed by atoms with Gasteiger partial charge in [0.2, 0.25) is 5.91 Å². The normalized spacial score (nSPS) is 11.6. The van der Waals surface area contributed by atoms with Crippen LogP contribution in [0.1, 0.15) is 19.8 Å². The lowest BCUT2D eigenvalue weighted by atomic mass is 9.98. The van der Waals surface area contributed by atoms with Crippen molar-refractivity contribution in [3.05, 3.63) is 0 Å². The SMILES string of the molecule is CNCC(CNC)(CNCCNCC(CNC)(CNC)NC(=S)NCCCCN=C=S)NC(C)=O. The van der Waals surface area contributed by atoms with E-state index in [9.17, 15) is 4.79 Å². The Morgan fingerprint density at radius 3 is 1.69 bits per heavy atom. The molecule has 0 bridgehead atoms. The smallest absolute Gasteiger partial charge is 0.217 e. The van der Waals surface area contributed by atoms with Crippen LogP contribution in [-0.2, 0) is 4.79 Å². The molecule has 0 atom stereocenters. The zero-order valence-electron chi connectivity index (χ0n) is 22.2. The van der Waals surface area contributed by atoms with Crippen molar-refractivity contribution >= 4 is 40.6 Å². The number of unbranched alkanes of at least 4 members (excludes halogenated alkanes) is 1. The van der Waals surface area contributed by atoms with Gasteiger partial charge in [-0.1, -0.05) is 0 Å². The van der Waals surface area contributed by atoms with Gasteiger partial charge < -0.3 is 47.9 Å². The van der Waals surface area contributed by atoms with Gasteiger partial charge in [-0.3, -0.25) is 4.79 Å². The van der Waals surface area contributed by atoms with Crippen LogP contribution in [0.25, 0.3) is 0 Å². The van der Waals surface area contributed by atoms with E-state index in [0.717, 1.165) is 45.6 Å². The molecule has 0 spiro atoms. The second-order valence-electron chi connectivity index (χ2n) is 8.78. The van der Waals surface area contributed by atoms with E-state index in [1.807, 2.05) is 28.2 Å². The Hall–Kier alpha value is -1.28. The lowest BCUT2D eigenvalue weighted by Gasteiger charge is -2.36. The van der Waals surface area contributed by atoms with E-state index in [1.165, 1.54) is 0 Å². The minimum atomic E-state index is -0.396. The number of nitrogens with zero attached hydrogens (tertiary/aromatic N) is 1. The highest BCUT2D eigenvalue weighted by atomic mass is 32.1. The van der Waals surface area contributed by atoms with E-state index in [0.29, 0.717) is 37.8 Å². The molecule has 0 heterocycles. The summed E-state index contributed by atoms with van der Waals surface area (Å²) in [6.45, 7) is 8.71. The molecule has 0 aliphatic carbocycles. The Bertz CT molecular complexity index is 619. The fraction of sp³-hybridized carbons (Fsp3) is 0.864. The number of amides is 1. The van der Waals surface area contributed by atoms with Gasteiger partial charge >= 0.3 is 0 Å². The van der Waals surface area contributed by atoms with Gasteiger partial charge in [0.05, 0.1) is 16.2 Å². The van der Waals surface area contributed by atoms with E-state index < -0.39 is 5.54 Å². The van der Waals surface area contributed by atoms with Gasteiger partial charge in [0.15, 0.2) is 5.11 Å². The summed E-state index contributed by atoms with van der Waals surface area (Å²) in [5.74, 6) is -0.0431. The van der Waals surface area contributed by atoms with Crippen LogP contribution in [-0.4, -0.2) is 121 Å². The molecule has 13 heteroatoms. The van der Waals surface area contributed by atoms with Gasteiger partial charge in [0.25, 0.3) is 0 Å². The Morgan fingerprint density at radius 2 is 1.26 bits per heavy atom. The molecule has 0 saturated heterocycles. The molecule has 0 unspecified atom stereocenters. The number of hydrogen-bond acceptors (Lipinski definition) is 10. The van der Waals surface area contributed by atoms with Crippen molar-refractivity contribution in [1.82, 2.24) is 47.9 Å². The number of isothiocyanates is 1. The summed E-state index contributed by atoms with van der Waals surface area (Å²) in [6.07, 6.45) is 1.90. The number of nitrogens with one attached hydrogen (secondary N) is 9. The topological polar surface area (TPSA) is 138 Å². The average Bonchev–Trinajstić information content (AvgIpc) is 2.79. The number of likely N-dealkylation sites (N-methyl/N-ethyl adjacent to an activating group) is 4. The van der Waals surface area contributed by atoms with Crippen molar-refractivity contribution in [3.8, 4) is 0 Å². The molecule has 0 aromatic heterocycles. The molecule has 204 valence electrons. The number of rotatable bonds is 22. The Morgan fingerprint density at radius 1 is 0.771 bits per heavy atom. The van der Waals surface area contributed by atoms with Crippen molar-refractivity contribution < 1.29 is 4.79 Å². The highest BCUT2D eigenvalue weighted by Crippen LogP contribution is 2.03. The summed E-state index contributed by atoms with van der Waals surface area (Å²) in [6, 6.07) is 0. The fourth-order valence-corrected chi connectivity index (χ4v) is 4.46. The molecule has 0 saturated carbocycles. The third-order valence-electron chi connectivity index (χ3n) is 5.33. The van der Waals surface area contributed by atoms with E-state index in [4.69, 9.17) is 12.2 Å². The monoisotopic (exact) mass is 532 g/mol. The van der Waals surface area contributed by atoms with Crippen LogP contribution in [0.5, 0.6) is 0 Å². The molecular weight excluding hydrogens is 484 g/mol. The Kier molecular flexibility index (Phi) is 20.1. The number of carbonyl (C=O) groups is 1. The van der Waals surface area contributed by atoms with Crippen LogP contribution in [0.2, 0.25) is 0 Å². The van der Waals surface area contributed by atoms with Crippen molar-refractivity contribution in [2.45, 2.75) is 30.8 Å². The van der Waals surface area contributed by atoms with Crippen LogP contribution in [0, 0.1) is 0 Å². The van der Waals surface area contributed by atoms with Crippen LogP contribution < -0.4 is 47.9 Å². The average molecular weight is 533 g/mol. The number of hydrogen-bond donors (Lipinski definition) is 9.